The van der Waals surface area contributed by atoms with Crippen molar-refractivity contribution in [3.05, 3.63) is 65.2 Å². The van der Waals surface area contributed by atoms with Crippen molar-refractivity contribution in [3.63, 3.8) is 0 Å². The third-order valence-electron chi connectivity index (χ3n) is 3.36. The molecule has 2 aromatic carbocycles. The lowest BCUT2D eigenvalue weighted by atomic mass is 10.1. The maximum atomic E-state index is 12.3. The number of hydrogen-bond donors (Lipinski definition) is 1. The number of aryl methyl sites for hydroxylation is 2. The highest BCUT2D eigenvalue weighted by atomic mass is 32.2. The van der Waals surface area contributed by atoms with E-state index in [9.17, 15) is 4.79 Å². The van der Waals surface area contributed by atoms with Crippen LogP contribution in [0.1, 0.15) is 23.6 Å². The SMILES string of the molecule is Cc1ccc(C)c(NC(=O)[C@H](C)SCc2ccccc2)c1. The first-order valence-corrected chi connectivity index (χ1v) is 8.15. The summed E-state index contributed by atoms with van der Waals surface area (Å²) in [5.41, 5.74) is 4.40. The van der Waals surface area contributed by atoms with E-state index in [1.54, 1.807) is 11.8 Å². The number of carbonyl (C=O) groups excluding carboxylic acids is 1. The topological polar surface area (TPSA) is 29.1 Å². The molecule has 2 aromatic rings. The Kier molecular flexibility index (Phi) is 5.45. The van der Waals surface area contributed by atoms with Crippen molar-refractivity contribution in [2.75, 3.05) is 5.32 Å². The Morgan fingerprint density at radius 3 is 2.57 bits per heavy atom. The zero-order valence-electron chi connectivity index (χ0n) is 12.7. The molecule has 0 fully saturated rings. The molecule has 0 heterocycles. The molecule has 0 aliphatic heterocycles. The van der Waals surface area contributed by atoms with E-state index in [0.29, 0.717) is 0 Å². The Hall–Kier alpha value is -1.74. The molecule has 0 saturated heterocycles. The number of rotatable bonds is 5. The number of anilines is 1. The highest BCUT2D eigenvalue weighted by Gasteiger charge is 2.14. The van der Waals surface area contributed by atoms with Crippen molar-refractivity contribution in [1.82, 2.24) is 0 Å². The molecule has 21 heavy (non-hydrogen) atoms. The van der Waals surface area contributed by atoms with Gasteiger partial charge in [-0.25, -0.2) is 0 Å². The molecular weight excluding hydrogens is 278 g/mol. The Balaban J connectivity index is 1.92. The van der Waals surface area contributed by atoms with E-state index in [1.165, 1.54) is 5.56 Å². The molecule has 110 valence electrons. The molecule has 0 aliphatic rings. The van der Waals surface area contributed by atoms with Crippen LogP contribution in [0.3, 0.4) is 0 Å². The van der Waals surface area contributed by atoms with Crippen molar-refractivity contribution in [3.8, 4) is 0 Å². The van der Waals surface area contributed by atoms with Gasteiger partial charge in [0.15, 0.2) is 0 Å². The molecule has 1 atom stereocenters. The van der Waals surface area contributed by atoms with E-state index in [4.69, 9.17) is 0 Å². The number of benzene rings is 2. The Bertz CT molecular complexity index is 610. The van der Waals surface area contributed by atoms with Gasteiger partial charge < -0.3 is 5.32 Å². The van der Waals surface area contributed by atoms with Crippen LogP contribution in [0.15, 0.2) is 48.5 Å². The summed E-state index contributed by atoms with van der Waals surface area (Å²) in [6.45, 7) is 5.99. The molecule has 0 aromatic heterocycles. The van der Waals surface area contributed by atoms with Crippen LogP contribution >= 0.6 is 11.8 Å². The summed E-state index contributed by atoms with van der Waals surface area (Å²) in [4.78, 5) is 12.3. The minimum absolute atomic E-state index is 0.0598. The smallest absolute Gasteiger partial charge is 0.237 e. The van der Waals surface area contributed by atoms with Gasteiger partial charge in [0, 0.05) is 11.4 Å². The molecule has 2 rings (SSSR count). The number of hydrogen-bond acceptors (Lipinski definition) is 2. The van der Waals surface area contributed by atoms with E-state index >= 15 is 0 Å². The van der Waals surface area contributed by atoms with Crippen molar-refractivity contribution in [2.45, 2.75) is 31.8 Å². The molecule has 2 nitrogen and oxygen atoms in total. The van der Waals surface area contributed by atoms with Gasteiger partial charge in [-0.05, 0) is 43.5 Å². The Morgan fingerprint density at radius 1 is 1.14 bits per heavy atom. The zero-order chi connectivity index (χ0) is 15.2. The molecule has 1 amide bonds. The van der Waals surface area contributed by atoms with E-state index in [2.05, 4.69) is 23.5 Å². The summed E-state index contributed by atoms with van der Waals surface area (Å²) in [7, 11) is 0. The maximum absolute atomic E-state index is 12.3. The lowest BCUT2D eigenvalue weighted by Gasteiger charge is -2.14. The first-order valence-electron chi connectivity index (χ1n) is 7.10. The van der Waals surface area contributed by atoms with Gasteiger partial charge in [0.2, 0.25) is 5.91 Å². The van der Waals surface area contributed by atoms with Gasteiger partial charge in [0.25, 0.3) is 0 Å². The normalized spacial score (nSPS) is 12.0. The molecule has 0 bridgehead atoms. The molecule has 0 saturated carbocycles. The second-order valence-corrected chi connectivity index (χ2v) is 6.58. The second-order valence-electron chi connectivity index (χ2n) is 5.25. The summed E-state index contributed by atoms with van der Waals surface area (Å²) < 4.78 is 0. The maximum Gasteiger partial charge on any atom is 0.237 e. The van der Waals surface area contributed by atoms with Gasteiger partial charge in [0.05, 0.1) is 5.25 Å². The first-order chi connectivity index (χ1) is 10.1. The first kappa shape index (κ1) is 15.6. The highest BCUT2D eigenvalue weighted by Crippen LogP contribution is 2.21. The van der Waals surface area contributed by atoms with E-state index in [-0.39, 0.29) is 11.2 Å². The van der Waals surface area contributed by atoms with Crippen LogP contribution < -0.4 is 5.32 Å². The predicted molar refractivity (Wildman–Crippen MR) is 91.7 cm³/mol. The van der Waals surface area contributed by atoms with Gasteiger partial charge in [-0.2, -0.15) is 0 Å². The third kappa shape index (κ3) is 4.64. The molecular formula is C18H21NOS. The minimum atomic E-state index is -0.0786. The van der Waals surface area contributed by atoms with Crippen LogP contribution in [0, 0.1) is 13.8 Å². The fourth-order valence-corrected chi connectivity index (χ4v) is 2.82. The quantitative estimate of drug-likeness (QED) is 0.876. The lowest BCUT2D eigenvalue weighted by Crippen LogP contribution is -2.23. The van der Waals surface area contributed by atoms with Crippen LogP contribution in [-0.4, -0.2) is 11.2 Å². The molecule has 3 heteroatoms. The van der Waals surface area contributed by atoms with Crippen LogP contribution in [0.4, 0.5) is 5.69 Å². The average Bonchev–Trinajstić information content (AvgIpc) is 2.49. The largest absolute Gasteiger partial charge is 0.325 e. The minimum Gasteiger partial charge on any atom is -0.325 e. The fraction of sp³-hybridized carbons (Fsp3) is 0.278. The monoisotopic (exact) mass is 299 g/mol. The van der Waals surface area contributed by atoms with Crippen LogP contribution in [0.5, 0.6) is 0 Å². The highest BCUT2D eigenvalue weighted by molar-refractivity contribution is 7.99. The molecule has 0 radical (unpaired) electrons. The van der Waals surface area contributed by atoms with Gasteiger partial charge in [0.1, 0.15) is 0 Å². The lowest BCUT2D eigenvalue weighted by molar-refractivity contribution is -0.115. The van der Waals surface area contributed by atoms with Crippen LogP contribution in [0.2, 0.25) is 0 Å². The van der Waals surface area contributed by atoms with Crippen molar-refractivity contribution < 1.29 is 4.79 Å². The van der Waals surface area contributed by atoms with Crippen LogP contribution in [0.25, 0.3) is 0 Å². The van der Waals surface area contributed by atoms with Crippen molar-refractivity contribution >= 4 is 23.4 Å². The van der Waals surface area contributed by atoms with Gasteiger partial charge in [-0.1, -0.05) is 42.5 Å². The van der Waals surface area contributed by atoms with Gasteiger partial charge >= 0.3 is 0 Å². The predicted octanol–water partition coefficient (Wildman–Crippen LogP) is 4.56. The Morgan fingerprint density at radius 2 is 1.86 bits per heavy atom. The summed E-state index contributed by atoms with van der Waals surface area (Å²) in [6.07, 6.45) is 0. The fourth-order valence-electron chi connectivity index (χ4n) is 1.98. The number of amides is 1. The Labute approximate surface area is 131 Å². The van der Waals surface area contributed by atoms with Crippen molar-refractivity contribution in [1.29, 1.82) is 0 Å². The molecule has 1 N–H and O–H groups in total. The number of nitrogens with one attached hydrogen (secondary N) is 1. The molecule has 0 spiro atoms. The van der Waals surface area contributed by atoms with Crippen LogP contribution in [-0.2, 0) is 10.5 Å². The standard InChI is InChI=1S/C18H21NOS/c1-13-9-10-14(2)17(11-13)19-18(20)15(3)21-12-16-7-5-4-6-8-16/h4-11,15H,12H2,1-3H3,(H,19,20)/t15-/m0/s1. The summed E-state index contributed by atoms with van der Waals surface area (Å²) in [6, 6.07) is 16.3. The van der Waals surface area contributed by atoms with Gasteiger partial charge in [-0.15, -0.1) is 11.8 Å². The number of thioether (sulfide) groups is 1. The van der Waals surface area contributed by atoms with Gasteiger partial charge in [-0.3, -0.25) is 4.79 Å². The van der Waals surface area contributed by atoms with E-state index in [1.807, 2.05) is 51.1 Å². The summed E-state index contributed by atoms with van der Waals surface area (Å²) >= 11 is 1.65. The van der Waals surface area contributed by atoms with E-state index in [0.717, 1.165) is 22.6 Å². The molecule has 0 aliphatic carbocycles. The van der Waals surface area contributed by atoms with Crippen molar-refractivity contribution in [2.24, 2.45) is 0 Å². The molecule has 0 unspecified atom stereocenters. The summed E-state index contributed by atoms with van der Waals surface area (Å²) in [5.74, 6) is 0.909. The second kappa shape index (κ2) is 7.32. The average molecular weight is 299 g/mol. The summed E-state index contributed by atoms with van der Waals surface area (Å²) in [5, 5.41) is 2.95. The van der Waals surface area contributed by atoms with E-state index < -0.39 is 0 Å². The number of carbonyl (C=O) groups is 1. The third-order valence-corrected chi connectivity index (χ3v) is 4.58. The zero-order valence-corrected chi connectivity index (χ0v) is 13.5.